The summed E-state index contributed by atoms with van der Waals surface area (Å²) < 4.78 is 11.3. The first-order valence-electron chi connectivity index (χ1n) is 12.0. The average molecular weight is 541 g/mol. The molecule has 0 bridgehead atoms. The lowest BCUT2D eigenvalue weighted by molar-refractivity contribution is -0.136. The SMILES string of the molecule is COC(=O)N[C@H](C(=O)N1CCC[C@H]1c1ncc(-c2ccc3cc(Br)ccc3c2)[nH]1)C1CCOCC1. The summed E-state index contributed by atoms with van der Waals surface area (Å²) in [6, 6.07) is 11.7. The van der Waals surface area contributed by atoms with Gasteiger partial charge in [0.05, 0.1) is 25.0 Å². The summed E-state index contributed by atoms with van der Waals surface area (Å²) in [4.78, 5) is 35.7. The highest BCUT2D eigenvalue weighted by atomic mass is 79.9. The number of amides is 2. The molecular weight excluding hydrogens is 512 g/mol. The Morgan fingerprint density at radius 2 is 1.94 bits per heavy atom. The molecule has 5 rings (SSSR count). The normalized spacial score (nSPS) is 19.6. The number of likely N-dealkylation sites (tertiary alicyclic amines) is 1. The number of hydrogen-bond donors (Lipinski definition) is 2. The van der Waals surface area contributed by atoms with Crippen LogP contribution in [0.25, 0.3) is 22.0 Å². The minimum atomic E-state index is -0.638. The number of ether oxygens (including phenoxy) is 2. The number of nitrogens with one attached hydrogen (secondary N) is 2. The summed E-state index contributed by atoms with van der Waals surface area (Å²) >= 11 is 3.52. The van der Waals surface area contributed by atoms with Crippen LogP contribution < -0.4 is 5.32 Å². The second-order valence-corrected chi connectivity index (χ2v) is 10.1. The van der Waals surface area contributed by atoms with Gasteiger partial charge in [0.1, 0.15) is 11.9 Å². The Morgan fingerprint density at radius 1 is 1.17 bits per heavy atom. The van der Waals surface area contributed by atoms with Crippen molar-refractivity contribution in [3.05, 3.63) is 52.9 Å². The van der Waals surface area contributed by atoms with Crippen molar-refractivity contribution in [2.24, 2.45) is 5.92 Å². The van der Waals surface area contributed by atoms with Crippen LogP contribution in [0.3, 0.4) is 0 Å². The van der Waals surface area contributed by atoms with E-state index in [1.807, 2.05) is 17.2 Å². The summed E-state index contributed by atoms with van der Waals surface area (Å²) in [5, 5.41) is 5.10. The largest absolute Gasteiger partial charge is 0.453 e. The molecule has 0 aliphatic carbocycles. The van der Waals surface area contributed by atoms with Crippen LogP contribution >= 0.6 is 15.9 Å². The monoisotopic (exact) mass is 540 g/mol. The van der Waals surface area contributed by atoms with E-state index in [1.54, 1.807) is 0 Å². The van der Waals surface area contributed by atoms with Crippen LogP contribution in [-0.4, -0.2) is 59.8 Å². The number of nitrogens with zero attached hydrogens (tertiary/aromatic N) is 2. The van der Waals surface area contributed by atoms with E-state index in [2.05, 4.69) is 61.5 Å². The van der Waals surface area contributed by atoms with Crippen molar-refractivity contribution < 1.29 is 19.1 Å². The number of methoxy groups -OCH3 is 1. The lowest BCUT2D eigenvalue weighted by Crippen LogP contribution is -2.53. The van der Waals surface area contributed by atoms with Crippen molar-refractivity contribution in [1.29, 1.82) is 0 Å². The molecule has 2 aliphatic rings. The zero-order valence-corrected chi connectivity index (χ0v) is 21.2. The third-order valence-corrected chi connectivity index (χ3v) is 7.52. The molecular formula is C26H29BrN4O4. The Balaban J connectivity index is 1.37. The van der Waals surface area contributed by atoms with Gasteiger partial charge >= 0.3 is 6.09 Å². The third kappa shape index (κ3) is 5.06. The standard InChI is InChI=1S/C26H29BrN4O4/c1-34-26(33)30-23(16-8-11-35-12-9-16)25(32)31-10-2-3-22(31)24-28-15-21(29-24)19-5-4-18-14-20(27)7-6-17(18)13-19/h4-7,13-16,22-23H,2-3,8-12H2,1H3,(H,28,29)(H,30,33)/t22-,23-/m0/s1. The number of H-pyrrole nitrogens is 1. The number of carbonyl (C=O) groups is 2. The Morgan fingerprint density at radius 3 is 2.74 bits per heavy atom. The molecule has 9 heteroatoms. The molecule has 2 N–H and O–H groups in total. The van der Waals surface area contributed by atoms with Crippen LogP contribution in [0.15, 0.2) is 47.1 Å². The number of benzene rings is 2. The van der Waals surface area contributed by atoms with Gasteiger partial charge in [-0.1, -0.05) is 34.1 Å². The van der Waals surface area contributed by atoms with Gasteiger partial charge in [0.25, 0.3) is 0 Å². The zero-order chi connectivity index (χ0) is 24.4. The number of alkyl carbamates (subject to hydrolysis) is 1. The van der Waals surface area contributed by atoms with Crippen molar-refractivity contribution in [3.8, 4) is 11.3 Å². The van der Waals surface area contributed by atoms with Gasteiger partial charge in [0.15, 0.2) is 0 Å². The molecule has 0 radical (unpaired) electrons. The topological polar surface area (TPSA) is 96.5 Å². The van der Waals surface area contributed by atoms with E-state index in [0.29, 0.717) is 19.8 Å². The molecule has 2 fully saturated rings. The molecule has 2 aliphatic heterocycles. The van der Waals surface area contributed by atoms with Crippen molar-refractivity contribution in [1.82, 2.24) is 20.2 Å². The van der Waals surface area contributed by atoms with E-state index in [0.717, 1.165) is 58.0 Å². The number of hydrogen-bond acceptors (Lipinski definition) is 5. The zero-order valence-electron chi connectivity index (χ0n) is 19.6. The van der Waals surface area contributed by atoms with Gasteiger partial charge in [-0.05, 0) is 60.6 Å². The maximum atomic E-state index is 13.7. The second-order valence-electron chi connectivity index (χ2n) is 9.14. The molecule has 2 saturated heterocycles. The van der Waals surface area contributed by atoms with E-state index in [-0.39, 0.29) is 17.9 Å². The van der Waals surface area contributed by atoms with Gasteiger partial charge in [0, 0.05) is 29.8 Å². The van der Waals surface area contributed by atoms with E-state index in [1.165, 1.54) is 7.11 Å². The van der Waals surface area contributed by atoms with Crippen LogP contribution in [0.5, 0.6) is 0 Å². The molecule has 8 nitrogen and oxygen atoms in total. The first-order chi connectivity index (χ1) is 17.0. The Kier molecular flexibility index (Phi) is 7.06. The number of halogens is 1. The predicted molar refractivity (Wildman–Crippen MR) is 136 cm³/mol. The number of fused-ring (bicyclic) bond motifs is 1. The fourth-order valence-electron chi connectivity index (χ4n) is 5.15. The molecule has 2 aromatic carbocycles. The van der Waals surface area contributed by atoms with Crippen LogP contribution in [0.2, 0.25) is 0 Å². The van der Waals surface area contributed by atoms with Crippen LogP contribution in [0, 0.1) is 5.92 Å². The van der Waals surface area contributed by atoms with E-state index >= 15 is 0 Å². The maximum absolute atomic E-state index is 13.7. The Bertz CT molecular complexity index is 1220. The molecule has 0 spiro atoms. The molecule has 0 saturated carbocycles. The molecule has 35 heavy (non-hydrogen) atoms. The minimum absolute atomic E-state index is 0.0152. The first kappa shape index (κ1) is 23.8. The lowest BCUT2D eigenvalue weighted by Gasteiger charge is -2.34. The number of aromatic amines is 1. The number of carbonyl (C=O) groups excluding carboxylic acids is 2. The van der Waals surface area contributed by atoms with E-state index in [9.17, 15) is 9.59 Å². The van der Waals surface area contributed by atoms with Gasteiger partial charge in [-0.2, -0.15) is 0 Å². The molecule has 3 heterocycles. The van der Waals surface area contributed by atoms with Crippen LogP contribution in [-0.2, 0) is 14.3 Å². The fourth-order valence-corrected chi connectivity index (χ4v) is 5.53. The molecule has 2 amide bonds. The number of imidazole rings is 1. The lowest BCUT2D eigenvalue weighted by atomic mass is 9.90. The third-order valence-electron chi connectivity index (χ3n) is 7.02. The minimum Gasteiger partial charge on any atom is -0.453 e. The summed E-state index contributed by atoms with van der Waals surface area (Å²) in [7, 11) is 1.31. The highest BCUT2D eigenvalue weighted by Gasteiger charge is 2.40. The molecule has 0 unspecified atom stereocenters. The van der Waals surface area contributed by atoms with Gasteiger partial charge in [-0.25, -0.2) is 9.78 Å². The van der Waals surface area contributed by atoms with Crippen LogP contribution in [0.1, 0.15) is 37.5 Å². The summed E-state index contributed by atoms with van der Waals surface area (Å²) in [5.74, 6) is 0.700. The smallest absolute Gasteiger partial charge is 0.407 e. The summed E-state index contributed by atoms with van der Waals surface area (Å²) in [6.07, 6.45) is 4.40. The molecule has 184 valence electrons. The van der Waals surface area contributed by atoms with Crippen molar-refractivity contribution in [3.63, 3.8) is 0 Å². The van der Waals surface area contributed by atoms with Crippen molar-refractivity contribution in [2.75, 3.05) is 26.9 Å². The highest BCUT2D eigenvalue weighted by Crippen LogP contribution is 2.34. The van der Waals surface area contributed by atoms with Gasteiger partial charge in [-0.3, -0.25) is 4.79 Å². The quantitative estimate of drug-likeness (QED) is 0.484. The summed E-state index contributed by atoms with van der Waals surface area (Å²) in [5.41, 5.74) is 1.96. The van der Waals surface area contributed by atoms with E-state index in [4.69, 9.17) is 9.47 Å². The Hall–Kier alpha value is -2.91. The highest BCUT2D eigenvalue weighted by molar-refractivity contribution is 9.10. The number of aromatic nitrogens is 2. The maximum Gasteiger partial charge on any atom is 0.407 e. The van der Waals surface area contributed by atoms with Crippen molar-refractivity contribution >= 4 is 38.7 Å². The average Bonchev–Trinajstić information content (AvgIpc) is 3.57. The Labute approximate surface area is 212 Å². The molecule has 3 aromatic rings. The van der Waals surface area contributed by atoms with Gasteiger partial charge in [-0.15, -0.1) is 0 Å². The molecule has 2 atom stereocenters. The van der Waals surface area contributed by atoms with E-state index < -0.39 is 12.1 Å². The summed E-state index contributed by atoms with van der Waals surface area (Å²) in [6.45, 7) is 1.81. The van der Waals surface area contributed by atoms with Gasteiger partial charge in [0.2, 0.25) is 5.91 Å². The predicted octanol–water partition coefficient (Wildman–Crippen LogP) is 4.81. The second kappa shape index (κ2) is 10.4. The van der Waals surface area contributed by atoms with Crippen molar-refractivity contribution in [2.45, 2.75) is 37.8 Å². The van der Waals surface area contributed by atoms with Gasteiger partial charge < -0.3 is 24.7 Å². The molecule has 1 aromatic heterocycles. The fraction of sp³-hybridized carbons (Fsp3) is 0.423. The first-order valence-corrected chi connectivity index (χ1v) is 12.8. The number of rotatable bonds is 5. The van der Waals surface area contributed by atoms with Crippen LogP contribution in [0.4, 0.5) is 4.79 Å².